The van der Waals surface area contributed by atoms with E-state index in [2.05, 4.69) is 10.3 Å². The number of anilines is 1. The second-order valence-corrected chi connectivity index (χ2v) is 8.79. The summed E-state index contributed by atoms with van der Waals surface area (Å²) >= 11 is 0. The second-order valence-electron chi connectivity index (χ2n) is 8.79. The quantitative estimate of drug-likeness (QED) is 0.717. The van der Waals surface area contributed by atoms with E-state index in [4.69, 9.17) is 14.7 Å². The van der Waals surface area contributed by atoms with Crippen molar-refractivity contribution in [2.24, 2.45) is 0 Å². The largest absolute Gasteiger partial charge is 0.488 e. The van der Waals surface area contributed by atoms with Gasteiger partial charge in [0.2, 0.25) is 5.91 Å². The van der Waals surface area contributed by atoms with E-state index in [1.807, 2.05) is 32.7 Å². The summed E-state index contributed by atoms with van der Waals surface area (Å²) in [4.78, 5) is 28.2. The number of rotatable bonds is 7. The van der Waals surface area contributed by atoms with Gasteiger partial charge in [-0.1, -0.05) is 0 Å². The van der Waals surface area contributed by atoms with Crippen molar-refractivity contribution in [3.63, 3.8) is 0 Å². The zero-order valence-corrected chi connectivity index (χ0v) is 18.4. The van der Waals surface area contributed by atoms with E-state index in [0.717, 1.165) is 36.3 Å². The van der Waals surface area contributed by atoms with Gasteiger partial charge in [-0.3, -0.25) is 9.78 Å². The molecule has 8 heteroatoms. The normalized spacial score (nSPS) is 14.2. The van der Waals surface area contributed by atoms with Gasteiger partial charge in [0.15, 0.2) is 5.82 Å². The molecule has 0 saturated carbocycles. The van der Waals surface area contributed by atoms with Crippen LogP contribution >= 0.6 is 0 Å². The first-order valence-electron chi connectivity index (χ1n) is 10.3. The van der Waals surface area contributed by atoms with E-state index in [1.54, 1.807) is 25.3 Å². The molecule has 0 aromatic carbocycles. The predicted octanol–water partition coefficient (Wildman–Crippen LogP) is 2.14. The summed E-state index contributed by atoms with van der Waals surface area (Å²) in [5.41, 5.74) is 2.43. The van der Waals surface area contributed by atoms with E-state index in [1.165, 1.54) is 0 Å². The Kier molecular flexibility index (Phi) is 6.55. The van der Waals surface area contributed by atoms with Crippen LogP contribution in [0, 0.1) is 0 Å². The smallest absolute Gasteiger partial charge is 0.239 e. The number of pyridine rings is 1. The van der Waals surface area contributed by atoms with Crippen molar-refractivity contribution in [2.75, 3.05) is 25.1 Å². The predicted molar refractivity (Wildman–Crippen MR) is 116 cm³/mol. The van der Waals surface area contributed by atoms with Crippen LogP contribution in [0.25, 0.3) is 11.5 Å². The third kappa shape index (κ3) is 5.44. The summed E-state index contributed by atoms with van der Waals surface area (Å²) < 4.78 is 5.69. The van der Waals surface area contributed by atoms with Crippen molar-refractivity contribution in [1.29, 1.82) is 0 Å². The molecule has 2 heterocycles. The van der Waals surface area contributed by atoms with Gasteiger partial charge in [0, 0.05) is 36.1 Å². The summed E-state index contributed by atoms with van der Waals surface area (Å²) in [5, 5.41) is 12.2. The molecule has 162 valence electrons. The Morgan fingerprint density at radius 3 is 2.80 bits per heavy atom. The van der Waals surface area contributed by atoms with Gasteiger partial charge < -0.3 is 20.1 Å². The molecule has 0 aliphatic heterocycles. The Labute approximate surface area is 177 Å². The highest BCUT2D eigenvalue weighted by Crippen LogP contribution is 2.31. The fourth-order valence-electron chi connectivity index (χ4n) is 3.47. The third-order valence-electron chi connectivity index (χ3n) is 4.72. The van der Waals surface area contributed by atoms with Gasteiger partial charge in [0.05, 0.1) is 13.2 Å². The zero-order chi connectivity index (χ0) is 21.9. The second kappa shape index (κ2) is 8.95. The molecular weight excluding hydrogens is 382 g/mol. The first kappa shape index (κ1) is 22.0. The fraction of sp³-hybridized carbons (Fsp3) is 0.545. The Morgan fingerprint density at radius 2 is 2.10 bits per heavy atom. The van der Waals surface area contributed by atoms with Crippen LogP contribution in [0.1, 0.15) is 45.4 Å². The minimum absolute atomic E-state index is 0.0524. The van der Waals surface area contributed by atoms with Crippen molar-refractivity contribution in [2.45, 2.75) is 58.6 Å². The molecule has 0 saturated heterocycles. The zero-order valence-electron chi connectivity index (χ0n) is 18.4. The number of nitrogens with one attached hydrogen (secondary N) is 1. The molecule has 0 spiro atoms. The number of nitrogens with zero attached hydrogens (tertiary/aromatic N) is 4. The maximum atomic E-state index is 12.4. The molecular formula is C22H31N5O3. The van der Waals surface area contributed by atoms with Crippen molar-refractivity contribution in [3.05, 3.63) is 29.6 Å². The lowest BCUT2D eigenvalue weighted by atomic mass is 10.1. The van der Waals surface area contributed by atoms with Crippen LogP contribution in [0.4, 0.5) is 5.82 Å². The number of hydrogen-bond acceptors (Lipinski definition) is 7. The maximum absolute atomic E-state index is 12.4. The fourth-order valence-corrected chi connectivity index (χ4v) is 3.47. The number of aliphatic hydroxyl groups is 1. The van der Waals surface area contributed by atoms with Crippen LogP contribution in [0.3, 0.4) is 0 Å². The standard InChI is InChI=1S/C22H31N5O3/c1-14(13-28)30-15-9-10-23-18(11-15)20-24-17-8-6-7-16(17)21(25-20)27(5)12-19(29)26-22(2,3)4/h9-11,14,28H,6-8,12-13H2,1-5H3,(H,26,29)/t14-/m0/s1. The van der Waals surface area contributed by atoms with Crippen LogP contribution in [0.5, 0.6) is 5.75 Å². The highest BCUT2D eigenvalue weighted by atomic mass is 16.5. The van der Waals surface area contributed by atoms with Crippen LogP contribution < -0.4 is 15.0 Å². The molecule has 1 amide bonds. The molecule has 0 bridgehead atoms. The lowest BCUT2D eigenvalue weighted by Crippen LogP contribution is -2.45. The average molecular weight is 414 g/mol. The monoisotopic (exact) mass is 413 g/mol. The number of ether oxygens (including phenoxy) is 1. The van der Waals surface area contributed by atoms with Gasteiger partial charge in [0.1, 0.15) is 23.4 Å². The first-order valence-corrected chi connectivity index (χ1v) is 10.3. The lowest BCUT2D eigenvalue weighted by Gasteiger charge is -2.25. The summed E-state index contributed by atoms with van der Waals surface area (Å²) in [6, 6.07) is 3.52. The number of hydrogen-bond donors (Lipinski definition) is 2. The van der Waals surface area contributed by atoms with E-state index in [0.29, 0.717) is 17.3 Å². The van der Waals surface area contributed by atoms with Crippen molar-refractivity contribution < 1.29 is 14.6 Å². The summed E-state index contributed by atoms with van der Waals surface area (Å²) in [7, 11) is 1.88. The van der Waals surface area contributed by atoms with Crippen LogP contribution in [0.2, 0.25) is 0 Å². The number of amides is 1. The minimum Gasteiger partial charge on any atom is -0.488 e. The molecule has 0 fully saturated rings. The van der Waals surface area contributed by atoms with Gasteiger partial charge >= 0.3 is 0 Å². The number of carbonyl (C=O) groups excluding carboxylic acids is 1. The average Bonchev–Trinajstić information content (AvgIpc) is 3.14. The number of fused-ring (bicyclic) bond motifs is 1. The van der Waals surface area contributed by atoms with Crippen LogP contribution in [0.15, 0.2) is 18.3 Å². The molecule has 1 aliphatic carbocycles. The molecule has 2 N–H and O–H groups in total. The molecule has 3 rings (SSSR count). The van der Waals surface area contributed by atoms with Crippen molar-refractivity contribution in [1.82, 2.24) is 20.3 Å². The summed E-state index contributed by atoms with van der Waals surface area (Å²) in [6.07, 6.45) is 4.14. The Bertz CT molecular complexity index is 910. The molecule has 2 aromatic heterocycles. The van der Waals surface area contributed by atoms with Crippen molar-refractivity contribution >= 4 is 11.7 Å². The Balaban J connectivity index is 1.90. The van der Waals surface area contributed by atoms with Gasteiger partial charge in [-0.05, 0) is 53.0 Å². The van der Waals surface area contributed by atoms with E-state index >= 15 is 0 Å². The molecule has 30 heavy (non-hydrogen) atoms. The molecule has 0 unspecified atom stereocenters. The third-order valence-corrected chi connectivity index (χ3v) is 4.72. The number of aliphatic hydroxyl groups excluding tert-OH is 1. The number of aryl methyl sites for hydroxylation is 1. The lowest BCUT2D eigenvalue weighted by molar-refractivity contribution is -0.121. The molecule has 1 aliphatic rings. The van der Waals surface area contributed by atoms with Gasteiger partial charge in [0.25, 0.3) is 0 Å². The highest BCUT2D eigenvalue weighted by Gasteiger charge is 2.24. The minimum atomic E-state index is -0.316. The number of likely N-dealkylation sites (N-methyl/N-ethyl adjacent to an activating group) is 1. The van der Waals surface area contributed by atoms with E-state index in [-0.39, 0.29) is 30.7 Å². The molecule has 1 atom stereocenters. The maximum Gasteiger partial charge on any atom is 0.239 e. The Morgan fingerprint density at radius 1 is 1.33 bits per heavy atom. The molecule has 0 radical (unpaired) electrons. The highest BCUT2D eigenvalue weighted by molar-refractivity contribution is 5.82. The Hall–Kier alpha value is -2.74. The van der Waals surface area contributed by atoms with Crippen LogP contribution in [-0.2, 0) is 17.6 Å². The molecule has 8 nitrogen and oxygen atoms in total. The van der Waals surface area contributed by atoms with Crippen molar-refractivity contribution in [3.8, 4) is 17.3 Å². The summed E-state index contributed by atoms with van der Waals surface area (Å²) in [6.45, 7) is 7.82. The van der Waals surface area contributed by atoms with E-state index < -0.39 is 0 Å². The number of aromatic nitrogens is 3. The topological polar surface area (TPSA) is 100 Å². The molecule has 2 aromatic rings. The first-order chi connectivity index (χ1) is 14.2. The van der Waals surface area contributed by atoms with Gasteiger partial charge in [-0.25, -0.2) is 9.97 Å². The van der Waals surface area contributed by atoms with Gasteiger partial charge in [-0.15, -0.1) is 0 Å². The SMILES string of the molecule is C[C@@H](CO)Oc1ccnc(-c2nc3c(c(N(C)CC(=O)NC(C)(C)C)n2)CCC3)c1. The summed E-state index contributed by atoms with van der Waals surface area (Å²) in [5.74, 6) is 1.83. The van der Waals surface area contributed by atoms with Crippen LogP contribution in [-0.4, -0.2) is 57.8 Å². The number of carbonyl (C=O) groups is 1. The van der Waals surface area contributed by atoms with Gasteiger partial charge in [-0.2, -0.15) is 0 Å². The van der Waals surface area contributed by atoms with E-state index in [9.17, 15) is 9.90 Å².